The Labute approximate surface area is 231 Å². The Hall–Kier alpha value is -3.63. The Morgan fingerprint density at radius 1 is 0.949 bits per heavy atom. The van der Waals surface area contributed by atoms with Gasteiger partial charge in [-0.3, -0.25) is 9.69 Å². The number of benzene rings is 2. The van der Waals surface area contributed by atoms with E-state index in [9.17, 15) is 9.59 Å². The molecule has 2 aromatic rings. The first kappa shape index (κ1) is 27.0. The Bertz CT molecular complexity index is 1290. The first-order valence-corrected chi connectivity index (χ1v) is 14.0. The molecule has 0 saturated carbocycles. The third kappa shape index (κ3) is 6.51. The van der Waals surface area contributed by atoms with Crippen LogP contribution in [0.3, 0.4) is 0 Å². The highest BCUT2D eigenvalue weighted by molar-refractivity contribution is 6.00. The molecule has 204 valence electrons. The van der Waals surface area contributed by atoms with Crippen LogP contribution in [0.25, 0.3) is 6.08 Å². The van der Waals surface area contributed by atoms with E-state index >= 15 is 0 Å². The third-order valence-corrected chi connectivity index (χ3v) is 7.92. The highest BCUT2D eigenvalue weighted by atomic mass is 16.6. The number of nitriles is 1. The predicted molar refractivity (Wildman–Crippen MR) is 151 cm³/mol. The second kappa shape index (κ2) is 11.2. The van der Waals surface area contributed by atoms with Crippen LogP contribution in [0.15, 0.2) is 48.0 Å². The Morgan fingerprint density at radius 2 is 1.64 bits per heavy atom. The minimum Gasteiger partial charge on any atom is -0.444 e. The normalized spacial score (nSPS) is 18.4. The molecule has 2 heterocycles. The number of likely N-dealkylation sites (tertiary alicyclic amines) is 1. The van der Waals surface area contributed by atoms with Crippen LogP contribution in [0.4, 0.5) is 4.79 Å². The number of ether oxygens (including phenoxy) is 1. The maximum atomic E-state index is 13.3. The minimum absolute atomic E-state index is 0.149. The summed E-state index contributed by atoms with van der Waals surface area (Å²) in [4.78, 5) is 31.9. The summed E-state index contributed by atoms with van der Waals surface area (Å²) >= 11 is 0. The molecule has 2 amide bonds. The van der Waals surface area contributed by atoms with Crippen molar-refractivity contribution in [3.63, 3.8) is 0 Å². The number of hydrogen-bond donors (Lipinski definition) is 0. The number of fused-ring (bicyclic) bond motifs is 1. The first-order valence-electron chi connectivity index (χ1n) is 14.0. The van der Waals surface area contributed by atoms with Crippen molar-refractivity contribution in [3.8, 4) is 6.07 Å². The van der Waals surface area contributed by atoms with E-state index in [-0.39, 0.29) is 12.0 Å². The van der Waals surface area contributed by atoms with Crippen molar-refractivity contribution >= 4 is 18.1 Å². The molecule has 5 rings (SSSR count). The zero-order valence-corrected chi connectivity index (χ0v) is 23.3. The van der Waals surface area contributed by atoms with Crippen LogP contribution in [0.1, 0.15) is 67.3 Å². The predicted octanol–water partition coefficient (Wildman–Crippen LogP) is 4.96. The maximum Gasteiger partial charge on any atom is 0.410 e. The fourth-order valence-electron chi connectivity index (χ4n) is 5.73. The second-order valence-corrected chi connectivity index (χ2v) is 11.9. The SMILES string of the molecule is CC(C)(C)OC(=O)N1CCC(c2ccc3c(c2)CC(C(=O)N2CCN(Cc4ccc(C#N)cc4)CC2)=C3)CC1. The monoisotopic (exact) mass is 526 g/mol. The summed E-state index contributed by atoms with van der Waals surface area (Å²) in [6, 6.07) is 16.5. The van der Waals surface area contributed by atoms with Crippen molar-refractivity contribution in [2.75, 3.05) is 39.3 Å². The molecular weight excluding hydrogens is 488 g/mol. The molecule has 2 saturated heterocycles. The van der Waals surface area contributed by atoms with E-state index in [0.717, 1.165) is 56.7 Å². The van der Waals surface area contributed by atoms with E-state index in [1.165, 1.54) is 16.7 Å². The van der Waals surface area contributed by atoms with E-state index in [4.69, 9.17) is 10.00 Å². The van der Waals surface area contributed by atoms with Gasteiger partial charge in [-0.2, -0.15) is 5.26 Å². The van der Waals surface area contributed by atoms with Gasteiger partial charge in [-0.1, -0.05) is 30.3 Å². The molecule has 2 fully saturated rings. The molecule has 0 N–H and O–H groups in total. The lowest BCUT2D eigenvalue weighted by molar-refractivity contribution is -0.128. The molecule has 0 unspecified atom stereocenters. The summed E-state index contributed by atoms with van der Waals surface area (Å²) in [6.07, 6.45) is 4.37. The van der Waals surface area contributed by atoms with Crippen LogP contribution >= 0.6 is 0 Å². The molecule has 2 aromatic carbocycles. The van der Waals surface area contributed by atoms with Gasteiger partial charge in [0.15, 0.2) is 0 Å². The van der Waals surface area contributed by atoms with Crippen molar-refractivity contribution in [1.29, 1.82) is 5.26 Å². The molecule has 7 heteroatoms. The van der Waals surface area contributed by atoms with Gasteiger partial charge in [0.2, 0.25) is 5.91 Å². The molecular formula is C32H38N4O3. The average Bonchev–Trinajstić information content (AvgIpc) is 3.36. The molecule has 0 bridgehead atoms. The molecule has 3 aliphatic rings. The molecule has 7 nitrogen and oxygen atoms in total. The number of carbonyl (C=O) groups is 2. The zero-order chi connectivity index (χ0) is 27.6. The average molecular weight is 527 g/mol. The third-order valence-electron chi connectivity index (χ3n) is 7.92. The van der Waals surface area contributed by atoms with Crippen LogP contribution in [0, 0.1) is 11.3 Å². The number of nitrogens with zero attached hydrogens (tertiary/aromatic N) is 4. The summed E-state index contributed by atoms with van der Waals surface area (Å²) in [6.45, 7) is 11.1. The summed E-state index contributed by atoms with van der Waals surface area (Å²) in [5.41, 5.74) is 5.94. The lowest BCUT2D eigenvalue weighted by Crippen LogP contribution is -2.48. The molecule has 1 aliphatic carbocycles. The fraction of sp³-hybridized carbons (Fsp3) is 0.469. The van der Waals surface area contributed by atoms with Crippen LogP contribution in [-0.2, 0) is 22.5 Å². The summed E-state index contributed by atoms with van der Waals surface area (Å²) in [5, 5.41) is 8.99. The van der Waals surface area contributed by atoms with Gasteiger partial charge in [0.05, 0.1) is 11.6 Å². The Balaban J connectivity index is 1.11. The molecule has 2 aliphatic heterocycles. The van der Waals surface area contributed by atoms with E-state index in [2.05, 4.69) is 35.2 Å². The van der Waals surface area contributed by atoms with Gasteiger partial charge in [-0.15, -0.1) is 0 Å². The van der Waals surface area contributed by atoms with Gasteiger partial charge in [0, 0.05) is 57.8 Å². The highest BCUT2D eigenvalue weighted by Crippen LogP contribution is 2.34. The topological polar surface area (TPSA) is 76.9 Å². The van der Waals surface area contributed by atoms with E-state index in [1.807, 2.05) is 54.8 Å². The standard InChI is InChI=1S/C32H38N4O3/c1-32(2,3)39-31(38)36-12-10-25(11-13-36)26-8-9-27-19-29(20-28(27)18-26)30(37)35-16-14-34(15-17-35)22-24-6-4-23(21-33)5-7-24/h4-9,18-19,25H,10-17,20,22H2,1-3H3. The molecule has 0 atom stereocenters. The van der Waals surface area contributed by atoms with Gasteiger partial charge in [0.1, 0.15) is 5.60 Å². The molecule has 0 radical (unpaired) electrons. The molecule has 39 heavy (non-hydrogen) atoms. The largest absolute Gasteiger partial charge is 0.444 e. The van der Waals surface area contributed by atoms with Crippen LogP contribution in [0.5, 0.6) is 0 Å². The van der Waals surface area contributed by atoms with Gasteiger partial charge < -0.3 is 14.5 Å². The maximum absolute atomic E-state index is 13.3. The number of carbonyl (C=O) groups excluding carboxylic acids is 2. The van der Waals surface area contributed by atoms with Crippen molar-refractivity contribution in [2.24, 2.45) is 0 Å². The van der Waals surface area contributed by atoms with E-state index in [0.29, 0.717) is 31.0 Å². The van der Waals surface area contributed by atoms with Crippen molar-refractivity contribution in [1.82, 2.24) is 14.7 Å². The number of hydrogen-bond acceptors (Lipinski definition) is 5. The van der Waals surface area contributed by atoms with E-state index < -0.39 is 5.60 Å². The summed E-state index contributed by atoms with van der Waals surface area (Å²) < 4.78 is 5.53. The lowest BCUT2D eigenvalue weighted by Gasteiger charge is -2.35. The number of rotatable bonds is 4. The van der Waals surface area contributed by atoms with Crippen LogP contribution in [-0.4, -0.2) is 71.6 Å². The lowest BCUT2D eigenvalue weighted by atomic mass is 9.88. The fourth-order valence-corrected chi connectivity index (χ4v) is 5.73. The summed E-state index contributed by atoms with van der Waals surface area (Å²) in [5.74, 6) is 0.564. The van der Waals surface area contributed by atoms with E-state index in [1.54, 1.807) is 0 Å². The van der Waals surface area contributed by atoms with Gasteiger partial charge in [-0.25, -0.2) is 4.79 Å². The number of amides is 2. The minimum atomic E-state index is -0.476. The highest BCUT2D eigenvalue weighted by Gasteiger charge is 2.30. The Morgan fingerprint density at radius 3 is 2.28 bits per heavy atom. The molecule has 0 aromatic heterocycles. The Kier molecular flexibility index (Phi) is 7.76. The van der Waals surface area contributed by atoms with Crippen molar-refractivity contribution < 1.29 is 14.3 Å². The van der Waals surface area contributed by atoms with Gasteiger partial charge in [0.25, 0.3) is 0 Å². The zero-order valence-electron chi connectivity index (χ0n) is 23.3. The summed E-state index contributed by atoms with van der Waals surface area (Å²) in [7, 11) is 0. The van der Waals surface area contributed by atoms with Gasteiger partial charge in [-0.05, 0) is 80.0 Å². The quantitative estimate of drug-likeness (QED) is 0.563. The van der Waals surface area contributed by atoms with Crippen molar-refractivity contribution in [3.05, 3.63) is 75.9 Å². The first-order chi connectivity index (χ1) is 18.7. The van der Waals surface area contributed by atoms with Gasteiger partial charge >= 0.3 is 6.09 Å². The second-order valence-electron chi connectivity index (χ2n) is 11.9. The van der Waals surface area contributed by atoms with Crippen LogP contribution < -0.4 is 0 Å². The number of piperazine rings is 1. The van der Waals surface area contributed by atoms with Crippen molar-refractivity contribution in [2.45, 2.75) is 58.1 Å². The van der Waals surface area contributed by atoms with Crippen LogP contribution in [0.2, 0.25) is 0 Å². The number of piperidine rings is 1. The molecule has 0 spiro atoms. The smallest absolute Gasteiger partial charge is 0.410 e.